The minimum atomic E-state index is -0.117. The zero-order valence-corrected chi connectivity index (χ0v) is 9.47. The van der Waals surface area contributed by atoms with Crippen molar-refractivity contribution in [2.75, 3.05) is 5.32 Å². The Kier molecular flexibility index (Phi) is 1.73. The second-order valence-corrected chi connectivity index (χ2v) is 4.45. The SMILES string of the molecule is O=C(Nc1ccncn1)C1=C2C=C3CC3=C2C=C1. The zero-order chi connectivity index (χ0) is 12.1. The molecule has 0 aromatic carbocycles. The van der Waals surface area contributed by atoms with Crippen LogP contribution in [0.1, 0.15) is 6.42 Å². The van der Waals surface area contributed by atoms with E-state index in [1.165, 1.54) is 23.0 Å². The molecule has 1 N–H and O–H groups in total. The van der Waals surface area contributed by atoms with Crippen molar-refractivity contribution >= 4 is 11.7 Å². The van der Waals surface area contributed by atoms with E-state index in [0.29, 0.717) is 5.82 Å². The van der Waals surface area contributed by atoms with Gasteiger partial charge in [-0.15, -0.1) is 0 Å². The van der Waals surface area contributed by atoms with Crippen LogP contribution in [0.5, 0.6) is 0 Å². The number of amides is 1. The van der Waals surface area contributed by atoms with Gasteiger partial charge in [0.25, 0.3) is 5.91 Å². The molecule has 0 atom stereocenters. The molecule has 0 saturated heterocycles. The monoisotopic (exact) mass is 235 g/mol. The predicted octanol–water partition coefficient (Wildman–Crippen LogP) is 1.92. The summed E-state index contributed by atoms with van der Waals surface area (Å²) in [5.41, 5.74) is 5.76. The number of nitrogens with one attached hydrogen (secondary N) is 1. The molecule has 4 rings (SSSR count). The number of allylic oxidation sites excluding steroid dienone is 6. The molecule has 4 nitrogen and oxygen atoms in total. The maximum absolute atomic E-state index is 12.1. The maximum atomic E-state index is 12.1. The van der Waals surface area contributed by atoms with Gasteiger partial charge in [0.1, 0.15) is 12.1 Å². The Morgan fingerprint density at radius 2 is 2.22 bits per heavy atom. The van der Waals surface area contributed by atoms with Crippen molar-refractivity contribution in [3.63, 3.8) is 0 Å². The summed E-state index contributed by atoms with van der Waals surface area (Å²) < 4.78 is 0. The number of anilines is 1. The molecule has 0 spiro atoms. The Hall–Kier alpha value is -2.49. The van der Waals surface area contributed by atoms with Gasteiger partial charge in [-0.3, -0.25) is 4.79 Å². The highest BCUT2D eigenvalue weighted by Crippen LogP contribution is 2.51. The summed E-state index contributed by atoms with van der Waals surface area (Å²) in [5, 5.41) is 2.78. The molecule has 86 valence electrons. The lowest BCUT2D eigenvalue weighted by atomic mass is 10.1. The van der Waals surface area contributed by atoms with Gasteiger partial charge < -0.3 is 5.32 Å². The van der Waals surface area contributed by atoms with Crippen LogP contribution in [-0.2, 0) is 4.79 Å². The molecule has 1 aromatic heterocycles. The number of hydrogen-bond acceptors (Lipinski definition) is 3. The number of fused-ring (bicyclic) bond motifs is 2. The van der Waals surface area contributed by atoms with Gasteiger partial charge in [-0.05, 0) is 46.9 Å². The lowest BCUT2D eigenvalue weighted by Gasteiger charge is -2.04. The normalized spacial score (nSPS) is 18.8. The van der Waals surface area contributed by atoms with Crippen LogP contribution in [0.3, 0.4) is 0 Å². The van der Waals surface area contributed by atoms with E-state index < -0.39 is 0 Å². The van der Waals surface area contributed by atoms with Crippen LogP contribution in [-0.4, -0.2) is 15.9 Å². The fourth-order valence-electron chi connectivity index (χ4n) is 2.38. The van der Waals surface area contributed by atoms with Crippen molar-refractivity contribution in [2.24, 2.45) is 0 Å². The minimum absolute atomic E-state index is 0.117. The van der Waals surface area contributed by atoms with Gasteiger partial charge >= 0.3 is 0 Å². The first-order valence-electron chi connectivity index (χ1n) is 5.77. The van der Waals surface area contributed by atoms with Crippen LogP contribution >= 0.6 is 0 Å². The van der Waals surface area contributed by atoms with E-state index in [1.54, 1.807) is 12.3 Å². The Morgan fingerprint density at radius 1 is 1.28 bits per heavy atom. The van der Waals surface area contributed by atoms with Crippen molar-refractivity contribution in [3.05, 3.63) is 64.7 Å². The fraction of sp³-hybridized carbons (Fsp3) is 0.0714. The van der Waals surface area contributed by atoms with Crippen LogP contribution in [0.4, 0.5) is 5.82 Å². The molecule has 18 heavy (non-hydrogen) atoms. The maximum Gasteiger partial charge on any atom is 0.257 e. The Balaban J connectivity index is 1.64. The summed E-state index contributed by atoms with van der Waals surface area (Å²) in [6.07, 6.45) is 10.1. The molecular formula is C14H9N3O. The first-order valence-corrected chi connectivity index (χ1v) is 5.77. The molecular weight excluding hydrogens is 226 g/mol. The van der Waals surface area contributed by atoms with Crippen molar-refractivity contribution in [1.29, 1.82) is 0 Å². The van der Waals surface area contributed by atoms with Gasteiger partial charge in [-0.1, -0.05) is 6.08 Å². The Morgan fingerprint density at radius 3 is 3.06 bits per heavy atom. The van der Waals surface area contributed by atoms with Crippen LogP contribution < -0.4 is 5.32 Å². The Labute approximate surface area is 103 Å². The van der Waals surface area contributed by atoms with E-state index in [0.717, 1.165) is 17.6 Å². The van der Waals surface area contributed by atoms with Crippen LogP contribution in [0, 0.1) is 0 Å². The van der Waals surface area contributed by atoms with Crippen LogP contribution in [0.2, 0.25) is 0 Å². The Bertz CT molecular complexity index is 693. The van der Waals surface area contributed by atoms with E-state index in [1.807, 2.05) is 12.2 Å². The lowest BCUT2D eigenvalue weighted by Crippen LogP contribution is -2.14. The quantitative estimate of drug-likeness (QED) is 0.852. The van der Waals surface area contributed by atoms with Crippen LogP contribution in [0.15, 0.2) is 64.7 Å². The number of carbonyl (C=O) groups is 1. The van der Waals surface area contributed by atoms with Gasteiger partial charge in [0.05, 0.1) is 0 Å². The summed E-state index contributed by atoms with van der Waals surface area (Å²) in [6, 6.07) is 1.67. The number of aromatic nitrogens is 2. The third kappa shape index (κ3) is 1.29. The molecule has 1 fully saturated rings. The average Bonchev–Trinajstić information content (AvgIpc) is 2.86. The fourth-order valence-corrected chi connectivity index (χ4v) is 2.38. The van der Waals surface area contributed by atoms with E-state index >= 15 is 0 Å². The molecule has 0 bridgehead atoms. The largest absolute Gasteiger partial charge is 0.306 e. The molecule has 0 radical (unpaired) electrons. The summed E-state index contributed by atoms with van der Waals surface area (Å²) in [6.45, 7) is 0. The highest BCUT2D eigenvalue weighted by atomic mass is 16.1. The highest BCUT2D eigenvalue weighted by Gasteiger charge is 2.35. The zero-order valence-electron chi connectivity index (χ0n) is 9.47. The number of rotatable bonds is 2. The van der Waals surface area contributed by atoms with Crippen molar-refractivity contribution in [3.8, 4) is 0 Å². The lowest BCUT2D eigenvalue weighted by molar-refractivity contribution is -0.112. The summed E-state index contributed by atoms with van der Waals surface area (Å²) in [5.74, 6) is 0.405. The van der Waals surface area contributed by atoms with E-state index in [2.05, 4.69) is 21.4 Å². The molecule has 1 heterocycles. The van der Waals surface area contributed by atoms with Crippen molar-refractivity contribution < 1.29 is 4.79 Å². The summed E-state index contributed by atoms with van der Waals surface area (Å²) in [7, 11) is 0. The number of carbonyl (C=O) groups excluding carboxylic acids is 1. The molecule has 3 aliphatic carbocycles. The summed E-state index contributed by atoms with van der Waals surface area (Å²) >= 11 is 0. The molecule has 1 amide bonds. The molecule has 1 aromatic rings. The standard InChI is InChI=1S/C14H9N3O/c18-14(17-13-3-4-15-7-16-13)10-2-1-9-11-5-8(11)6-12(9)10/h1-4,6-7H,5H2,(H,15,16,17,18). The van der Waals surface area contributed by atoms with Gasteiger partial charge in [0.2, 0.25) is 0 Å². The van der Waals surface area contributed by atoms with Gasteiger partial charge in [-0.2, -0.15) is 0 Å². The minimum Gasteiger partial charge on any atom is -0.306 e. The average molecular weight is 235 g/mol. The third-order valence-corrected chi connectivity index (χ3v) is 3.34. The van der Waals surface area contributed by atoms with E-state index in [9.17, 15) is 4.79 Å². The molecule has 0 aliphatic heterocycles. The first kappa shape index (κ1) is 9.53. The number of nitrogens with zero attached hydrogens (tertiary/aromatic N) is 2. The molecule has 1 saturated carbocycles. The second kappa shape index (κ2) is 3.26. The predicted molar refractivity (Wildman–Crippen MR) is 66.6 cm³/mol. The van der Waals surface area contributed by atoms with Crippen molar-refractivity contribution in [2.45, 2.75) is 6.42 Å². The third-order valence-electron chi connectivity index (χ3n) is 3.34. The molecule has 0 unspecified atom stereocenters. The van der Waals surface area contributed by atoms with Crippen molar-refractivity contribution in [1.82, 2.24) is 9.97 Å². The molecule has 4 heteroatoms. The van der Waals surface area contributed by atoms with Crippen LogP contribution in [0.25, 0.3) is 0 Å². The topological polar surface area (TPSA) is 54.9 Å². The smallest absolute Gasteiger partial charge is 0.257 e. The van der Waals surface area contributed by atoms with E-state index in [4.69, 9.17) is 0 Å². The molecule has 3 aliphatic rings. The van der Waals surface area contributed by atoms with E-state index in [-0.39, 0.29) is 5.91 Å². The highest BCUT2D eigenvalue weighted by molar-refractivity contribution is 6.08. The van der Waals surface area contributed by atoms with Gasteiger partial charge in [0.15, 0.2) is 0 Å². The first-order chi connectivity index (χ1) is 8.83. The van der Waals surface area contributed by atoms with Gasteiger partial charge in [-0.25, -0.2) is 9.97 Å². The number of hydrogen-bond donors (Lipinski definition) is 1. The summed E-state index contributed by atoms with van der Waals surface area (Å²) in [4.78, 5) is 19.9. The second-order valence-electron chi connectivity index (χ2n) is 4.45. The van der Waals surface area contributed by atoms with Gasteiger partial charge in [0, 0.05) is 11.8 Å².